The number of hydrogen-bond donors (Lipinski definition) is 0. The summed E-state index contributed by atoms with van der Waals surface area (Å²) in [6, 6.07) is 27.4. The highest BCUT2D eigenvalue weighted by Gasteiger charge is 2.38. The minimum atomic E-state index is -0.618. The molecule has 2 heterocycles. The van der Waals surface area contributed by atoms with Gasteiger partial charge in [-0.2, -0.15) is 0 Å². The Morgan fingerprint density at radius 1 is 0.894 bits per heavy atom. The lowest BCUT2D eigenvalue weighted by atomic mass is 9.90. The van der Waals surface area contributed by atoms with Crippen LogP contribution in [0, 0.1) is 0 Å². The number of nitrogens with zero attached hydrogens (tertiary/aromatic N) is 3. The maximum Gasteiger partial charge on any atom is 0.410 e. The minimum absolute atomic E-state index is 0.0119. The molecule has 0 N–H and O–H groups in total. The summed E-state index contributed by atoms with van der Waals surface area (Å²) in [6.07, 6.45) is 6.43. The van der Waals surface area contributed by atoms with E-state index in [1.807, 2.05) is 39.0 Å². The fourth-order valence-corrected chi connectivity index (χ4v) is 6.55. The van der Waals surface area contributed by atoms with Gasteiger partial charge < -0.3 is 23.8 Å². The van der Waals surface area contributed by atoms with Crippen molar-refractivity contribution in [2.45, 2.75) is 77.6 Å². The molecule has 7 heteroatoms. The Hall–Kier alpha value is -4.36. The third-order valence-electron chi connectivity index (χ3n) is 9.03. The zero-order chi connectivity index (χ0) is 33.0. The molecule has 0 bridgehead atoms. The zero-order valence-corrected chi connectivity index (χ0v) is 28.2. The van der Waals surface area contributed by atoms with E-state index in [0.29, 0.717) is 25.1 Å². The normalized spacial score (nSPS) is 15.3. The van der Waals surface area contributed by atoms with Crippen molar-refractivity contribution in [3.05, 3.63) is 102 Å². The monoisotopic (exact) mass is 633 g/mol. The number of aryl methyl sites for hydroxylation is 1. The van der Waals surface area contributed by atoms with Crippen LogP contribution < -0.4 is 0 Å². The number of carbonyl (C=O) groups excluding carboxylic acids is 2. The van der Waals surface area contributed by atoms with Crippen molar-refractivity contribution in [1.29, 1.82) is 0 Å². The predicted molar refractivity (Wildman–Crippen MR) is 188 cm³/mol. The molecule has 47 heavy (non-hydrogen) atoms. The topological polar surface area (TPSA) is 64.0 Å². The van der Waals surface area contributed by atoms with Gasteiger partial charge in [0.25, 0.3) is 5.91 Å². The lowest BCUT2D eigenvalue weighted by molar-refractivity contribution is -0.128. The zero-order valence-electron chi connectivity index (χ0n) is 28.2. The summed E-state index contributed by atoms with van der Waals surface area (Å²) in [4.78, 5) is 31.9. The molecule has 1 saturated carbocycles. The van der Waals surface area contributed by atoms with Crippen LogP contribution in [0.5, 0.6) is 0 Å². The smallest absolute Gasteiger partial charge is 0.410 e. The van der Waals surface area contributed by atoms with Gasteiger partial charge in [-0.1, -0.05) is 66.7 Å². The van der Waals surface area contributed by atoms with Crippen molar-refractivity contribution in [3.8, 4) is 11.1 Å². The fraction of sp³-hybridized carbons (Fsp3) is 0.400. The molecule has 0 atom stereocenters. The van der Waals surface area contributed by atoms with E-state index >= 15 is 0 Å². The molecule has 3 aromatic carbocycles. The summed E-state index contributed by atoms with van der Waals surface area (Å²) in [7, 11) is 1.74. The first-order valence-corrected chi connectivity index (χ1v) is 16.9. The molecule has 1 aromatic heterocycles. The van der Waals surface area contributed by atoms with E-state index in [-0.39, 0.29) is 24.6 Å². The second-order valence-corrected chi connectivity index (χ2v) is 13.8. The van der Waals surface area contributed by atoms with Crippen LogP contribution in [0.2, 0.25) is 0 Å². The van der Waals surface area contributed by atoms with Gasteiger partial charge in [-0.3, -0.25) is 4.79 Å². The quantitative estimate of drug-likeness (QED) is 0.156. The fourth-order valence-electron chi connectivity index (χ4n) is 6.55. The summed E-state index contributed by atoms with van der Waals surface area (Å²) in [6.45, 7) is 8.53. The highest BCUT2D eigenvalue weighted by Crippen LogP contribution is 2.36. The number of aromatic nitrogens is 1. The molecule has 1 aliphatic carbocycles. The summed E-state index contributed by atoms with van der Waals surface area (Å²) < 4.78 is 13.4. The predicted octanol–water partition coefficient (Wildman–Crippen LogP) is 8.32. The lowest BCUT2D eigenvalue weighted by Crippen LogP contribution is -2.44. The van der Waals surface area contributed by atoms with Crippen LogP contribution in [0.15, 0.2) is 90.6 Å². The number of methoxy groups -OCH3 is 1. The second kappa shape index (κ2) is 14.2. The first kappa shape index (κ1) is 32.6. The van der Waals surface area contributed by atoms with Crippen LogP contribution in [0.4, 0.5) is 4.79 Å². The lowest BCUT2D eigenvalue weighted by Gasteiger charge is -2.34. The Morgan fingerprint density at radius 2 is 1.62 bits per heavy atom. The van der Waals surface area contributed by atoms with Gasteiger partial charge in [-0.05, 0) is 92.8 Å². The summed E-state index contributed by atoms with van der Waals surface area (Å²) >= 11 is 0. The number of rotatable bonds is 11. The number of amides is 2. The van der Waals surface area contributed by atoms with Crippen molar-refractivity contribution < 1.29 is 19.1 Å². The first-order chi connectivity index (χ1) is 22.7. The molecule has 0 radical (unpaired) electrons. The van der Waals surface area contributed by atoms with Crippen LogP contribution in [0.3, 0.4) is 0 Å². The Labute approximate surface area is 278 Å². The van der Waals surface area contributed by atoms with E-state index < -0.39 is 5.60 Å². The molecule has 4 aromatic rings. The van der Waals surface area contributed by atoms with Gasteiger partial charge in [-0.15, -0.1) is 0 Å². The number of ether oxygens (including phenoxy) is 2. The molecule has 0 spiro atoms. The molecule has 246 valence electrons. The van der Waals surface area contributed by atoms with E-state index in [1.165, 1.54) is 10.9 Å². The van der Waals surface area contributed by atoms with E-state index in [1.54, 1.807) is 12.0 Å². The van der Waals surface area contributed by atoms with Crippen LogP contribution in [-0.4, -0.2) is 64.8 Å². The molecule has 1 fully saturated rings. The molecule has 2 aliphatic rings. The minimum Gasteiger partial charge on any atom is -0.444 e. The van der Waals surface area contributed by atoms with Gasteiger partial charge in [0.05, 0.1) is 6.54 Å². The van der Waals surface area contributed by atoms with Crippen molar-refractivity contribution in [3.63, 3.8) is 0 Å². The van der Waals surface area contributed by atoms with Gasteiger partial charge in [0.1, 0.15) is 5.60 Å². The van der Waals surface area contributed by atoms with Crippen molar-refractivity contribution in [1.82, 2.24) is 14.4 Å². The summed E-state index contributed by atoms with van der Waals surface area (Å²) in [5.41, 5.74) is 6.69. The Morgan fingerprint density at radius 3 is 2.36 bits per heavy atom. The van der Waals surface area contributed by atoms with Crippen molar-refractivity contribution >= 4 is 28.5 Å². The number of unbranched alkanes of at least 4 members (excludes halogenated alkanes) is 1. The van der Waals surface area contributed by atoms with E-state index in [4.69, 9.17) is 9.47 Å². The summed E-state index contributed by atoms with van der Waals surface area (Å²) in [5, 5.41) is 1.18. The van der Waals surface area contributed by atoms with Crippen LogP contribution in [0.25, 0.3) is 27.6 Å². The second-order valence-electron chi connectivity index (χ2n) is 13.8. The molecule has 1 aliphatic heterocycles. The molecular formula is C40H47N3O4. The van der Waals surface area contributed by atoms with Crippen LogP contribution >= 0.6 is 0 Å². The average molecular weight is 634 g/mol. The maximum absolute atomic E-state index is 14.8. The van der Waals surface area contributed by atoms with Gasteiger partial charge >= 0.3 is 6.09 Å². The van der Waals surface area contributed by atoms with Crippen molar-refractivity contribution in [2.75, 3.05) is 26.8 Å². The SMILES string of the molecule is COCCCCn1cc(CN(C(=O)C2=C(c3cccc(-c4ccccc4)c3)CCN(C(=O)OC(C)(C)C)C2)C2CC2)c2ccccc21. The molecule has 6 rings (SSSR count). The van der Waals surface area contributed by atoms with Gasteiger partial charge in [0, 0.05) is 62.1 Å². The molecular weight excluding hydrogens is 586 g/mol. The summed E-state index contributed by atoms with van der Waals surface area (Å²) in [5.74, 6) is 0.0119. The van der Waals surface area contributed by atoms with Gasteiger partial charge in [-0.25, -0.2) is 4.79 Å². The Balaban J connectivity index is 1.35. The molecule has 7 nitrogen and oxygen atoms in total. The molecule has 0 saturated heterocycles. The van der Waals surface area contributed by atoms with Crippen LogP contribution in [-0.2, 0) is 27.4 Å². The first-order valence-electron chi connectivity index (χ1n) is 16.9. The third-order valence-corrected chi connectivity index (χ3v) is 9.03. The Bertz CT molecular complexity index is 1750. The number of carbonyl (C=O) groups is 2. The average Bonchev–Trinajstić information content (AvgIpc) is 3.86. The molecule has 2 amide bonds. The largest absolute Gasteiger partial charge is 0.444 e. The number of para-hydroxylation sites is 1. The number of fused-ring (bicyclic) bond motifs is 1. The van der Waals surface area contributed by atoms with Gasteiger partial charge in [0.15, 0.2) is 0 Å². The van der Waals surface area contributed by atoms with E-state index in [2.05, 4.69) is 76.3 Å². The van der Waals surface area contributed by atoms with Crippen molar-refractivity contribution in [2.24, 2.45) is 0 Å². The molecule has 0 unspecified atom stereocenters. The van der Waals surface area contributed by atoms with E-state index in [9.17, 15) is 9.59 Å². The van der Waals surface area contributed by atoms with Crippen LogP contribution in [0.1, 0.15) is 64.0 Å². The highest BCUT2D eigenvalue weighted by molar-refractivity contribution is 6.03. The standard InChI is InChI=1S/C40H47N3O4/c1-40(2,3)47-39(45)42-23-21-34(31-16-12-15-30(25-31)29-13-6-5-7-14-29)36(28-42)38(44)43(33-19-20-33)27-32-26-41(22-10-11-24-46-4)37-18-9-8-17-35(32)37/h5-9,12-18,25-26,33H,10-11,19-24,27-28H2,1-4H3. The maximum atomic E-state index is 14.8. The number of hydrogen-bond acceptors (Lipinski definition) is 4. The Kier molecular flexibility index (Phi) is 9.83. The van der Waals surface area contributed by atoms with E-state index in [0.717, 1.165) is 66.7 Å². The number of benzene rings is 3. The third kappa shape index (κ3) is 7.79. The van der Waals surface area contributed by atoms with Gasteiger partial charge in [0.2, 0.25) is 0 Å². The highest BCUT2D eigenvalue weighted by atomic mass is 16.6.